The summed E-state index contributed by atoms with van der Waals surface area (Å²) in [4.78, 5) is 0. The molecule has 0 spiro atoms. The van der Waals surface area contributed by atoms with Gasteiger partial charge in [-0.2, -0.15) is 0 Å². The average Bonchev–Trinajstić information content (AvgIpc) is 2.37. The van der Waals surface area contributed by atoms with E-state index in [-0.39, 0.29) is 17.9 Å². The molecule has 0 saturated carbocycles. The van der Waals surface area contributed by atoms with Crippen molar-refractivity contribution < 1.29 is 13.3 Å². The van der Waals surface area contributed by atoms with Crippen LogP contribution in [0.5, 0.6) is 5.75 Å². The lowest BCUT2D eigenvalue weighted by atomic mass is 10.0. The summed E-state index contributed by atoms with van der Waals surface area (Å²) < 4.78 is 31.0. The fourth-order valence-corrected chi connectivity index (χ4v) is 3.85. The summed E-state index contributed by atoms with van der Waals surface area (Å²) in [6.07, 6.45) is 0.888. The predicted molar refractivity (Wildman–Crippen MR) is 70.8 cm³/mol. The van der Waals surface area contributed by atoms with Crippen LogP contribution in [0.3, 0.4) is 0 Å². The van der Waals surface area contributed by atoms with Gasteiger partial charge in [0, 0.05) is 33.9 Å². The molecule has 100 valence electrons. The first-order valence-electron chi connectivity index (χ1n) is 6.09. The van der Waals surface area contributed by atoms with Gasteiger partial charge in [-0.15, -0.1) is 0 Å². The molecule has 1 aromatic rings. The highest BCUT2D eigenvalue weighted by molar-refractivity contribution is 7.85. The Morgan fingerprint density at radius 3 is 2.94 bits per heavy atom. The number of benzene rings is 1. The van der Waals surface area contributed by atoms with Crippen molar-refractivity contribution in [2.24, 2.45) is 0 Å². The molecule has 1 aliphatic heterocycles. The Hall–Kier alpha value is -0.940. The zero-order chi connectivity index (χ0) is 13.1. The van der Waals surface area contributed by atoms with Crippen molar-refractivity contribution >= 4 is 10.8 Å². The summed E-state index contributed by atoms with van der Waals surface area (Å²) in [5.74, 6) is 1.29. The Bertz CT molecular complexity index is 453. The van der Waals surface area contributed by atoms with E-state index in [2.05, 4.69) is 5.32 Å². The van der Waals surface area contributed by atoms with E-state index in [1.807, 2.05) is 6.92 Å². The number of hydrogen-bond donors (Lipinski definition) is 1. The Morgan fingerprint density at radius 2 is 2.28 bits per heavy atom. The maximum atomic E-state index is 14.0. The molecule has 3 atom stereocenters. The molecule has 1 heterocycles. The first kappa shape index (κ1) is 13.5. The van der Waals surface area contributed by atoms with Gasteiger partial charge in [0.25, 0.3) is 0 Å². The summed E-state index contributed by atoms with van der Waals surface area (Å²) in [6.45, 7) is 2.04. The van der Waals surface area contributed by atoms with Gasteiger partial charge in [0.1, 0.15) is 11.6 Å². The second-order valence-corrected chi connectivity index (χ2v) is 6.00. The first-order valence-corrected chi connectivity index (χ1v) is 7.58. The van der Waals surface area contributed by atoms with Crippen LogP contribution in [0, 0.1) is 5.82 Å². The minimum Gasteiger partial charge on any atom is -0.496 e. The highest BCUT2D eigenvalue weighted by atomic mass is 32.2. The Morgan fingerprint density at radius 1 is 1.50 bits per heavy atom. The highest BCUT2D eigenvalue weighted by Gasteiger charge is 2.29. The van der Waals surface area contributed by atoms with E-state index in [9.17, 15) is 8.60 Å². The summed E-state index contributed by atoms with van der Waals surface area (Å²) in [5, 5.41) is 3.35. The molecule has 18 heavy (non-hydrogen) atoms. The third kappa shape index (κ3) is 2.72. The molecule has 1 fully saturated rings. The smallest absolute Gasteiger partial charge is 0.131 e. The molecule has 1 aromatic carbocycles. The lowest BCUT2D eigenvalue weighted by molar-refractivity contribution is 0.382. The minimum atomic E-state index is -0.904. The maximum absolute atomic E-state index is 14.0. The van der Waals surface area contributed by atoms with Crippen LogP contribution in [0.2, 0.25) is 0 Å². The fraction of sp³-hybridized carbons (Fsp3) is 0.538. The van der Waals surface area contributed by atoms with Crippen LogP contribution in [0.25, 0.3) is 0 Å². The van der Waals surface area contributed by atoms with Crippen LogP contribution in [-0.4, -0.2) is 28.9 Å². The van der Waals surface area contributed by atoms with E-state index in [4.69, 9.17) is 4.74 Å². The number of ether oxygens (including phenoxy) is 1. The number of hydrogen-bond acceptors (Lipinski definition) is 3. The average molecular weight is 271 g/mol. The van der Waals surface area contributed by atoms with Gasteiger partial charge >= 0.3 is 0 Å². The maximum Gasteiger partial charge on any atom is 0.131 e. The quantitative estimate of drug-likeness (QED) is 0.914. The van der Waals surface area contributed by atoms with Gasteiger partial charge in [0.05, 0.1) is 13.2 Å². The van der Waals surface area contributed by atoms with Crippen LogP contribution in [-0.2, 0) is 10.8 Å². The van der Waals surface area contributed by atoms with Crippen molar-refractivity contribution in [1.29, 1.82) is 0 Å². The Balaban J connectivity index is 2.33. The van der Waals surface area contributed by atoms with Crippen LogP contribution in [0.15, 0.2) is 18.2 Å². The summed E-state index contributed by atoms with van der Waals surface area (Å²) in [5.41, 5.74) is 0.492. The van der Waals surface area contributed by atoms with Crippen LogP contribution in [0.4, 0.5) is 4.39 Å². The molecular weight excluding hydrogens is 253 g/mol. The summed E-state index contributed by atoms with van der Waals surface area (Å²) in [6, 6.07) is 4.71. The molecule has 5 heteroatoms. The molecule has 0 radical (unpaired) electrons. The zero-order valence-electron chi connectivity index (χ0n) is 10.6. The van der Waals surface area contributed by atoms with Crippen LogP contribution in [0.1, 0.15) is 24.9 Å². The van der Waals surface area contributed by atoms with E-state index >= 15 is 0 Å². The monoisotopic (exact) mass is 271 g/mol. The molecule has 1 aliphatic rings. The van der Waals surface area contributed by atoms with E-state index in [0.717, 1.165) is 6.42 Å². The van der Waals surface area contributed by atoms with Gasteiger partial charge in [-0.25, -0.2) is 4.39 Å². The summed E-state index contributed by atoms with van der Waals surface area (Å²) >= 11 is 0. The molecule has 3 unspecified atom stereocenters. The lowest BCUT2D eigenvalue weighted by Crippen LogP contribution is -2.44. The van der Waals surface area contributed by atoms with Gasteiger partial charge in [-0.1, -0.05) is 13.0 Å². The fourth-order valence-electron chi connectivity index (χ4n) is 2.29. The molecule has 1 N–H and O–H groups in total. The second-order valence-electron chi connectivity index (χ2n) is 4.45. The van der Waals surface area contributed by atoms with E-state index in [0.29, 0.717) is 22.8 Å². The molecule has 0 bridgehead atoms. The van der Waals surface area contributed by atoms with Crippen LogP contribution < -0.4 is 10.1 Å². The third-order valence-corrected chi connectivity index (χ3v) is 4.73. The van der Waals surface area contributed by atoms with E-state index in [1.165, 1.54) is 13.2 Å². The van der Waals surface area contributed by atoms with E-state index < -0.39 is 10.8 Å². The number of nitrogens with one attached hydrogen (secondary N) is 1. The van der Waals surface area contributed by atoms with Crippen molar-refractivity contribution in [3.8, 4) is 5.75 Å². The predicted octanol–water partition coefficient (Wildman–Crippen LogP) is 2.01. The normalized spacial score (nSPS) is 28.1. The van der Waals surface area contributed by atoms with Gasteiger partial charge in [0.2, 0.25) is 0 Å². The minimum absolute atomic E-state index is 0.175. The number of methoxy groups -OCH3 is 1. The van der Waals surface area contributed by atoms with Gasteiger partial charge in [-0.3, -0.25) is 4.21 Å². The van der Waals surface area contributed by atoms with Crippen molar-refractivity contribution in [2.75, 3.05) is 18.6 Å². The Labute approximate surface area is 109 Å². The zero-order valence-corrected chi connectivity index (χ0v) is 11.4. The van der Waals surface area contributed by atoms with E-state index in [1.54, 1.807) is 12.1 Å². The van der Waals surface area contributed by atoms with Crippen molar-refractivity contribution in [1.82, 2.24) is 5.32 Å². The molecular formula is C13H18FNO2S. The number of halogens is 1. The lowest BCUT2D eigenvalue weighted by Gasteiger charge is -2.31. The second kappa shape index (κ2) is 5.80. The highest BCUT2D eigenvalue weighted by Crippen LogP contribution is 2.30. The molecule has 1 saturated heterocycles. The largest absolute Gasteiger partial charge is 0.496 e. The Kier molecular flexibility index (Phi) is 4.35. The van der Waals surface area contributed by atoms with Gasteiger partial charge in [0.15, 0.2) is 0 Å². The third-order valence-electron chi connectivity index (χ3n) is 3.25. The van der Waals surface area contributed by atoms with Gasteiger partial charge in [-0.05, 0) is 18.6 Å². The topological polar surface area (TPSA) is 38.3 Å². The van der Waals surface area contributed by atoms with Crippen molar-refractivity contribution in [3.63, 3.8) is 0 Å². The SMILES string of the molecule is CCC1CS(=O)CC(c2c(F)cccc2OC)N1. The first-order chi connectivity index (χ1) is 8.65. The van der Waals surface area contributed by atoms with Crippen molar-refractivity contribution in [2.45, 2.75) is 25.4 Å². The molecule has 3 nitrogen and oxygen atoms in total. The number of rotatable bonds is 3. The van der Waals surface area contributed by atoms with Crippen LogP contribution >= 0.6 is 0 Å². The van der Waals surface area contributed by atoms with Crippen molar-refractivity contribution in [3.05, 3.63) is 29.6 Å². The van der Waals surface area contributed by atoms with Gasteiger partial charge < -0.3 is 10.1 Å². The molecule has 0 aromatic heterocycles. The molecule has 0 aliphatic carbocycles. The summed E-state index contributed by atoms with van der Waals surface area (Å²) in [7, 11) is 0.619. The molecule has 2 rings (SSSR count). The molecule has 0 amide bonds. The standard InChI is InChI=1S/C13H18FNO2S/c1-3-9-7-18(16)8-11(15-9)13-10(14)5-4-6-12(13)17-2/h4-6,9,11,15H,3,7-8H2,1-2H3.